The average Bonchev–Trinajstić information content (AvgIpc) is 2.01. The van der Waals surface area contributed by atoms with Gasteiger partial charge in [0.15, 0.2) is 0 Å². The van der Waals surface area contributed by atoms with Crippen LogP contribution >= 0.6 is 11.6 Å². The Bertz CT molecular complexity index is 327. The Kier molecular flexibility index (Phi) is 3.21. The van der Waals surface area contributed by atoms with Crippen LogP contribution < -0.4 is 4.74 Å². The number of nitrogens with zero attached hydrogens (tertiary/aromatic N) is 1. The number of pyridine rings is 1. The van der Waals surface area contributed by atoms with Crippen molar-refractivity contribution in [3.8, 4) is 5.75 Å². The molecule has 0 saturated carbocycles. The molecule has 0 atom stereocenters. The summed E-state index contributed by atoms with van der Waals surface area (Å²) >= 11 is 5.43. The number of aryl methyl sites for hydroxylation is 1. The Morgan fingerprint density at radius 1 is 1.50 bits per heavy atom. The average molecular weight is 226 g/mol. The van der Waals surface area contributed by atoms with E-state index in [1.165, 1.54) is 12.3 Å². The third-order valence-corrected chi connectivity index (χ3v) is 1.74. The topological polar surface area (TPSA) is 22.1 Å². The molecule has 0 aromatic carbocycles. The van der Waals surface area contributed by atoms with Crippen LogP contribution in [0, 0.1) is 6.92 Å². The molecule has 1 aromatic heterocycles. The summed E-state index contributed by atoms with van der Waals surface area (Å²) in [5.74, 6) is -0.362. The summed E-state index contributed by atoms with van der Waals surface area (Å²) in [5.41, 5.74) is 0.660. The number of rotatable bonds is 2. The fourth-order valence-corrected chi connectivity index (χ4v) is 1.08. The van der Waals surface area contributed by atoms with E-state index in [4.69, 9.17) is 11.6 Å². The van der Waals surface area contributed by atoms with Crippen molar-refractivity contribution in [2.75, 3.05) is 0 Å². The molecular formula is C8H7ClF3NO. The van der Waals surface area contributed by atoms with E-state index in [2.05, 4.69) is 9.72 Å². The molecule has 1 rings (SSSR count). The summed E-state index contributed by atoms with van der Waals surface area (Å²) in [6, 6.07) is 1.20. The maximum absolute atomic E-state index is 11.9. The molecule has 0 bridgehead atoms. The molecule has 14 heavy (non-hydrogen) atoms. The Labute approximate surface area is 83.7 Å². The first-order chi connectivity index (χ1) is 6.42. The van der Waals surface area contributed by atoms with Gasteiger partial charge in [0.1, 0.15) is 5.75 Å². The fourth-order valence-electron chi connectivity index (χ4n) is 0.883. The van der Waals surface area contributed by atoms with Crippen molar-refractivity contribution >= 4 is 11.6 Å². The first-order valence-electron chi connectivity index (χ1n) is 3.69. The van der Waals surface area contributed by atoms with Crippen LogP contribution in [0.1, 0.15) is 11.3 Å². The van der Waals surface area contributed by atoms with Gasteiger partial charge in [-0.1, -0.05) is 0 Å². The van der Waals surface area contributed by atoms with Crippen LogP contribution in [0.15, 0.2) is 12.3 Å². The smallest absolute Gasteiger partial charge is 0.405 e. The number of hydrogen-bond donors (Lipinski definition) is 0. The SMILES string of the molecule is Cc1cc(OC(F)(F)F)c(CCl)cn1. The van der Waals surface area contributed by atoms with Crippen LogP contribution in [0.3, 0.4) is 0 Å². The van der Waals surface area contributed by atoms with Crippen molar-refractivity contribution in [1.29, 1.82) is 0 Å². The van der Waals surface area contributed by atoms with Crippen LogP contribution in [0.2, 0.25) is 0 Å². The van der Waals surface area contributed by atoms with Crippen LogP contribution in [-0.4, -0.2) is 11.3 Å². The molecule has 0 fully saturated rings. The third kappa shape index (κ3) is 3.06. The Morgan fingerprint density at radius 2 is 2.14 bits per heavy atom. The van der Waals surface area contributed by atoms with Crippen molar-refractivity contribution in [3.05, 3.63) is 23.5 Å². The number of aromatic nitrogens is 1. The summed E-state index contributed by atoms with van der Waals surface area (Å²) in [5, 5.41) is 0. The van der Waals surface area contributed by atoms with E-state index in [1.807, 2.05) is 0 Å². The second-order valence-electron chi connectivity index (χ2n) is 2.61. The third-order valence-electron chi connectivity index (χ3n) is 1.45. The Hall–Kier alpha value is -0.970. The van der Waals surface area contributed by atoms with Gasteiger partial charge in [0.2, 0.25) is 0 Å². The van der Waals surface area contributed by atoms with Crippen molar-refractivity contribution < 1.29 is 17.9 Å². The zero-order chi connectivity index (χ0) is 10.8. The highest BCUT2D eigenvalue weighted by molar-refractivity contribution is 6.17. The fraction of sp³-hybridized carbons (Fsp3) is 0.375. The molecule has 2 nitrogen and oxygen atoms in total. The van der Waals surface area contributed by atoms with E-state index < -0.39 is 6.36 Å². The molecular weight excluding hydrogens is 219 g/mol. The van der Waals surface area contributed by atoms with E-state index in [1.54, 1.807) is 6.92 Å². The largest absolute Gasteiger partial charge is 0.573 e. The van der Waals surface area contributed by atoms with Crippen LogP contribution in [0.4, 0.5) is 13.2 Å². The molecule has 1 heterocycles. The minimum absolute atomic E-state index is 0.0707. The number of halogens is 4. The maximum Gasteiger partial charge on any atom is 0.573 e. The molecule has 6 heteroatoms. The summed E-state index contributed by atoms with van der Waals surface area (Å²) in [6.45, 7) is 1.57. The van der Waals surface area contributed by atoms with Gasteiger partial charge in [0.05, 0.1) is 5.88 Å². The van der Waals surface area contributed by atoms with E-state index >= 15 is 0 Å². The van der Waals surface area contributed by atoms with Gasteiger partial charge in [-0.25, -0.2) is 0 Å². The monoisotopic (exact) mass is 225 g/mol. The minimum atomic E-state index is -4.70. The molecule has 0 amide bonds. The van der Waals surface area contributed by atoms with Crippen molar-refractivity contribution in [2.24, 2.45) is 0 Å². The summed E-state index contributed by atoms with van der Waals surface area (Å²) in [6.07, 6.45) is -3.43. The van der Waals surface area contributed by atoms with Gasteiger partial charge in [0.25, 0.3) is 0 Å². The van der Waals surface area contributed by atoms with E-state index in [9.17, 15) is 13.2 Å². The van der Waals surface area contributed by atoms with Crippen molar-refractivity contribution in [1.82, 2.24) is 4.98 Å². The highest BCUT2D eigenvalue weighted by atomic mass is 35.5. The highest BCUT2D eigenvalue weighted by Gasteiger charge is 2.32. The van der Waals surface area contributed by atoms with E-state index in [0.29, 0.717) is 5.69 Å². The molecule has 0 aliphatic heterocycles. The van der Waals surface area contributed by atoms with Crippen molar-refractivity contribution in [3.63, 3.8) is 0 Å². The lowest BCUT2D eigenvalue weighted by Crippen LogP contribution is -2.18. The lowest BCUT2D eigenvalue weighted by atomic mass is 10.2. The van der Waals surface area contributed by atoms with Gasteiger partial charge in [-0.3, -0.25) is 4.98 Å². The van der Waals surface area contributed by atoms with Gasteiger partial charge in [-0.15, -0.1) is 24.8 Å². The molecule has 0 saturated heterocycles. The number of ether oxygens (including phenoxy) is 1. The normalized spacial score (nSPS) is 11.5. The molecule has 0 aliphatic carbocycles. The maximum atomic E-state index is 11.9. The lowest BCUT2D eigenvalue weighted by Gasteiger charge is -2.11. The zero-order valence-electron chi connectivity index (χ0n) is 7.23. The summed E-state index contributed by atoms with van der Waals surface area (Å²) in [7, 11) is 0. The summed E-state index contributed by atoms with van der Waals surface area (Å²) < 4.78 is 39.5. The van der Waals surface area contributed by atoms with Crippen LogP contribution in [0.25, 0.3) is 0 Å². The minimum Gasteiger partial charge on any atom is -0.405 e. The first-order valence-corrected chi connectivity index (χ1v) is 4.23. The standard InChI is InChI=1S/C8H7ClF3NO/c1-5-2-7(14-8(10,11)12)6(3-9)4-13-5/h2,4H,3H2,1H3. The predicted molar refractivity (Wildman–Crippen MR) is 45.2 cm³/mol. The van der Waals surface area contributed by atoms with Gasteiger partial charge >= 0.3 is 6.36 Å². The van der Waals surface area contributed by atoms with E-state index in [0.717, 1.165) is 0 Å². The second-order valence-corrected chi connectivity index (χ2v) is 2.88. The van der Waals surface area contributed by atoms with E-state index in [-0.39, 0.29) is 17.2 Å². The molecule has 78 valence electrons. The quantitative estimate of drug-likeness (QED) is 0.722. The Balaban J connectivity index is 2.99. The number of hydrogen-bond acceptors (Lipinski definition) is 2. The molecule has 0 N–H and O–H groups in total. The molecule has 0 unspecified atom stereocenters. The van der Waals surface area contributed by atoms with Gasteiger partial charge < -0.3 is 4.74 Å². The van der Waals surface area contributed by atoms with Crippen LogP contribution in [-0.2, 0) is 5.88 Å². The molecule has 0 aliphatic rings. The number of alkyl halides is 4. The highest BCUT2D eigenvalue weighted by Crippen LogP contribution is 2.27. The molecule has 1 aromatic rings. The van der Waals surface area contributed by atoms with Crippen LogP contribution in [0.5, 0.6) is 5.75 Å². The first kappa shape index (κ1) is 11.1. The van der Waals surface area contributed by atoms with Gasteiger partial charge in [0, 0.05) is 23.5 Å². The predicted octanol–water partition coefficient (Wildman–Crippen LogP) is 3.03. The van der Waals surface area contributed by atoms with Gasteiger partial charge in [-0.2, -0.15) is 0 Å². The lowest BCUT2D eigenvalue weighted by molar-refractivity contribution is -0.274. The summed E-state index contributed by atoms with van der Waals surface area (Å²) in [4.78, 5) is 3.81. The van der Waals surface area contributed by atoms with Gasteiger partial charge in [-0.05, 0) is 6.92 Å². The molecule has 0 spiro atoms. The molecule has 0 radical (unpaired) electrons. The van der Waals surface area contributed by atoms with Crippen molar-refractivity contribution in [2.45, 2.75) is 19.2 Å². The second kappa shape index (κ2) is 4.04. The zero-order valence-corrected chi connectivity index (χ0v) is 7.99. The Morgan fingerprint density at radius 3 is 2.64 bits per heavy atom.